The fourth-order valence-electron chi connectivity index (χ4n) is 1.76. The van der Waals surface area contributed by atoms with Crippen LogP contribution >= 0.6 is 11.5 Å². The quantitative estimate of drug-likeness (QED) is 0.897. The molecule has 1 heterocycles. The molecular weight excluding hydrogens is 248 g/mol. The molecule has 2 rings (SSSR count). The van der Waals surface area contributed by atoms with Gasteiger partial charge in [-0.2, -0.15) is 0 Å². The van der Waals surface area contributed by atoms with Crippen LogP contribution in [0.15, 0.2) is 24.3 Å². The molecule has 0 unspecified atom stereocenters. The summed E-state index contributed by atoms with van der Waals surface area (Å²) in [6.07, 6.45) is 0. The zero-order valence-corrected chi connectivity index (χ0v) is 11.5. The van der Waals surface area contributed by atoms with Crippen molar-refractivity contribution in [3.63, 3.8) is 0 Å². The van der Waals surface area contributed by atoms with Gasteiger partial charge in [0.1, 0.15) is 16.4 Å². The lowest BCUT2D eigenvalue weighted by Crippen LogP contribution is -2.18. The molecule has 96 valence electrons. The summed E-state index contributed by atoms with van der Waals surface area (Å²) < 4.78 is 9.31. The predicted octanol–water partition coefficient (Wildman–Crippen LogP) is 2.22. The van der Waals surface area contributed by atoms with Crippen LogP contribution in [0.4, 0.5) is 10.7 Å². The largest absolute Gasteiger partial charge is 0.495 e. The van der Waals surface area contributed by atoms with Crippen LogP contribution in [0.5, 0.6) is 5.75 Å². The van der Waals surface area contributed by atoms with Crippen LogP contribution in [0.2, 0.25) is 0 Å². The van der Waals surface area contributed by atoms with E-state index in [1.54, 1.807) is 7.11 Å². The minimum atomic E-state index is 0.688. The van der Waals surface area contributed by atoms with E-state index in [4.69, 9.17) is 4.74 Å². The second kappa shape index (κ2) is 5.68. The van der Waals surface area contributed by atoms with E-state index in [0.29, 0.717) is 6.54 Å². The van der Waals surface area contributed by atoms with Crippen LogP contribution in [-0.4, -0.2) is 30.8 Å². The Bertz CT molecular complexity index is 514. The highest BCUT2D eigenvalue weighted by atomic mass is 32.1. The zero-order valence-electron chi connectivity index (χ0n) is 10.7. The number of hydrogen-bond donors (Lipinski definition) is 1. The average molecular weight is 264 g/mol. The molecule has 0 amide bonds. The molecule has 0 radical (unpaired) electrons. The Morgan fingerprint density at radius 1 is 1.39 bits per heavy atom. The summed E-state index contributed by atoms with van der Waals surface area (Å²) in [6, 6.07) is 7.92. The molecule has 0 aliphatic heterocycles. The number of nitrogens with one attached hydrogen (secondary N) is 1. The third-order valence-corrected chi connectivity index (χ3v) is 3.45. The molecule has 0 bridgehead atoms. The van der Waals surface area contributed by atoms with Gasteiger partial charge in [-0.05, 0) is 12.1 Å². The lowest BCUT2D eigenvalue weighted by atomic mass is 10.2. The van der Waals surface area contributed by atoms with Gasteiger partial charge >= 0.3 is 0 Å². The van der Waals surface area contributed by atoms with Gasteiger partial charge in [-0.25, -0.2) is 0 Å². The number of para-hydroxylation sites is 2. The van der Waals surface area contributed by atoms with Gasteiger partial charge in [0, 0.05) is 25.6 Å². The van der Waals surface area contributed by atoms with Crippen molar-refractivity contribution in [2.45, 2.75) is 6.54 Å². The third kappa shape index (κ3) is 2.53. The molecule has 18 heavy (non-hydrogen) atoms. The summed E-state index contributed by atoms with van der Waals surface area (Å²) in [5, 5.41) is 8.23. The lowest BCUT2D eigenvalue weighted by molar-refractivity contribution is 0.414. The number of rotatable bonds is 5. The van der Waals surface area contributed by atoms with Crippen molar-refractivity contribution < 1.29 is 4.74 Å². The van der Waals surface area contributed by atoms with Gasteiger partial charge < -0.3 is 15.0 Å². The molecule has 0 aliphatic rings. The first-order valence-corrected chi connectivity index (χ1v) is 6.36. The van der Waals surface area contributed by atoms with E-state index in [9.17, 15) is 0 Å². The van der Waals surface area contributed by atoms with Gasteiger partial charge in [0.25, 0.3) is 0 Å². The molecule has 0 spiro atoms. The number of hydrogen-bond acceptors (Lipinski definition) is 6. The Morgan fingerprint density at radius 3 is 2.89 bits per heavy atom. The predicted molar refractivity (Wildman–Crippen MR) is 74.6 cm³/mol. The highest BCUT2D eigenvalue weighted by molar-refractivity contribution is 7.10. The summed E-state index contributed by atoms with van der Waals surface area (Å²) >= 11 is 1.37. The maximum absolute atomic E-state index is 5.35. The molecule has 0 atom stereocenters. The Balaban J connectivity index is 2.19. The van der Waals surface area contributed by atoms with Gasteiger partial charge in [-0.15, -0.1) is 5.10 Å². The smallest absolute Gasteiger partial charge is 0.142 e. The molecule has 6 heteroatoms. The number of methoxy groups -OCH3 is 1. The Kier molecular flexibility index (Phi) is 3.99. The number of ether oxygens (including phenoxy) is 1. The molecule has 0 aliphatic carbocycles. The first kappa shape index (κ1) is 12.6. The monoisotopic (exact) mass is 264 g/mol. The second-order valence-corrected chi connectivity index (χ2v) is 4.58. The maximum Gasteiger partial charge on any atom is 0.142 e. The van der Waals surface area contributed by atoms with E-state index in [1.807, 2.05) is 38.4 Å². The van der Waals surface area contributed by atoms with Crippen molar-refractivity contribution in [1.29, 1.82) is 0 Å². The van der Waals surface area contributed by atoms with E-state index in [2.05, 4.69) is 19.8 Å². The summed E-state index contributed by atoms with van der Waals surface area (Å²) in [5.41, 5.74) is 1.98. The van der Waals surface area contributed by atoms with Crippen molar-refractivity contribution in [3.05, 3.63) is 30.0 Å². The first-order valence-electron chi connectivity index (χ1n) is 5.59. The minimum absolute atomic E-state index is 0.688. The number of nitrogens with zero attached hydrogens (tertiary/aromatic N) is 3. The second-order valence-electron chi connectivity index (χ2n) is 3.83. The van der Waals surface area contributed by atoms with Crippen molar-refractivity contribution in [3.8, 4) is 5.75 Å². The van der Waals surface area contributed by atoms with E-state index >= 15 is 0 Å². The van der Waals surface area contributed by atoms with E-state index < -0.39 is 0 Å². The molecule has 5 nitrogen and oxygen atoms in total. The van der Waals surface area contributed by atoms with Crippen molar-refractivity contribution in [2.24, 2.45) is 0 Å². The van der Waals surface area contributed by atoms with Crippen LogP contribution in [-0.2, 0) is 6.54 Å². The van der Waals surface area contributed by atoms with Crippen LogP contribution in [0.25, 0.3) is 0 Å². The summed E-state index contributed by atoms with van der Waals surface area (Å²) in [7, 11) is 5.56. The highest BCUT2D eigenvalue weighted by Gasteiger charge is 2.12. The highest BCUT2D eigenvalue weighted by Crippen LogP contribution is 2.28. The van der Waals surface area contributed by atoms with Gasteiger partial charge in [0.05, 0.1) is 19.3 Å². The molecule has 1 N–H and O–H groups in total. The molecule has 1 aromatic carbocycles. The minimum Gasteiger partial charge on any atom is -0.495 e. The van der Waals surface area contributed by atoms with Crippen LogP contribution < -0.4 is 15.0 Å². The van der Waals surface area contributed by atoms with Crippen molar-refractivity contribution in [2.75, 3.05) is 31.4 Å². The van der Waals surface area contributed by atoms with Gasteiger partial charge in [0.2, 0.25) is 0 Å². The fraction of sp³-hybridized carbons (Fsp3) is 0.333. The van der Waals surface area contributed by atoms with E-state index in [-0.39, 0.29) is 0 Å². The zero-order chi connectivity index (χ0) is 13.0. The Morgan fingerprint density at radius 2 is 2.17 bits per heavy atom. The lowest BCUT2D eigenvalue weighted by Gasteiger charge is -2.20. The van der Waals surface area contributed by atoms with E-state index in [0.717, 1.165) is 22.1 Å². The SMILES string of the molecule is CNc1snnc1CN(C)c1ccccc1OC. The molecule has 0 saturated heterocycles. The number of anilines is 2. The fourth-order valence-corrected chi connectivity index (χ4v) is 2.28. The van der Waals surface area contributed by atoms with Crippen LogP contribution in [0.3, 0.4) is 0 Å². The Labute approximate surface area is 111 Å². The summed E-state index contributed by atoms with van der Waals surface area (Å²) in [4.78, 5) is 2.09. The van der Waals surface area contributed by atoms with Gasteiger partial charge in [-0.1, -0.05) is 16.6 Å². The first-order chi connectivity index (χ1) is 8.76. The molecule has 0 saturated carbocycles. The normalized spacial score (nSPS) is 10.2. The molecule has 1 aromatic heterocycles. The molecular formula is C12H16N4OS. The van der Waals surface area contributed by atoms with Crippen molar-refractivity contribution in [1.82, 2.24) is 9.59 Å². The summed E-state index contributed by atoms with van der Waals surface area (Å²) in [6.45, 7) is 0.688. The van der Waals surface area contributed by atoms with Gasteiger partial charge in [0.15, 0.2) is 0 Å². The number of aromatic nitrogens is 2. The van der Waals surface area contributed by atoms with Gasteiger partial charge in [-0.3, -0.25) is 0 Å². The van der Waals surface area contributed by atoms with E-state index in [1.165, 1.54) is 11.5 Å². The number of benzene rings is 1. The average Bonchev–Trinajstić information content (AvgIpc) is 2.85. The molecule has 2 aromatic rings. The van der Waals surface area contributed by atoms with Crippen LogP contribution in [0.1, 0.15) is 5.69 Å². The maximum atomic E-state index is 5.35. The topological polar surface area (TPSA) is 50.3 Å². The third-order valence-electron chi connectivity index (χ3n) is 2.67. The standard InChI is InChI=1S/C12H16N4OS/c1-13-12-9(14-15-18-12)8-16(2)10-6-4-5-7-11(10)17-3/h4-7,13H,8H2,1-3H3. The summed E-state index contributed by atoms with van der Waals surface area (Å²) in [5.74, 6) is 0.856. The van der Waals surface area contributed by atoms with Crippen molar-refractivity contribution >= 4 is 22.2 Å². The Hall–Kier alpha value is -1.82. The molecule has 0 fully saturated rings. The van der Waals surface area contributed by atoms with Crippen LogP contribution in [0, 0.1) is 0 Å².